The lowest BCUT2D eigenvalue weighted by atomic mass is 9.85. The number of nitrogens with zero attached hydrogens (tertiary/aromatic N) is 1. The van der Waals surface area contributed by atoms with Gasteiger partial charge in [-0.25, -0.2) is 0 Å². The van der Waals surface area contributed by atoms with Crippen LogP contribution in [0.15, 0.2) is 24.3 Å². The molecule has 1 aromatic carbocycles. The van der Waals surface area contributed by atoms with E-state index >= 15 is 0 Å². The number of rotatable bonds is 19. The van der Waals surface area contributed by atoms with Crippen molar-refractivity contribution in [2.24, 2.45) is 11.7 Å². The zero-order chi connectivity index (χ0) is 28.5. The number of amides is 2. The van der Waals surface area contributed by atoms with Crippen LogP contribution in [0.1, 0.15) is 57.4 Å². The lowest BCUT2D eigenvalue weighted by Gasteiger charge is -2.26. The molecule has 0 unspecified atom stereocenters. The molecule has 2 amide bonds. The standard InChI is InChI=1S/C27H45N5O6/c1-5-22(19(2)18-32(3)4)20-9-8-10-21(15-20)38-26(36)17-29-13-14-30-27(37)23(11-6-7-12-28)31-24(33)16-25(34)35/h8-10,15,19,22-23,29H,5-7,11-14,16-18,28H2,1-4H3,(H,30,37)(H,31,33)(H,34,35)/t19-,22+,23-/m0/s1. The molecule has 0 heterocycles. The first-order valence-electron chi connectivity index (χ1n) is 13.2. The molecule has 214 valence electrons. The smallest absolute Gasteiger partial charge is 0.325 e. The molecule has 0 aliphatic heterocycles. The Morgan fingerprint density at radius 3 is 2.50 bits per heavy atom. The molecular weight excluding hydrogens is 490 g/mol. The maximum Gasteiger partial charge on any atom is 0.325 e. The maximum atomic E-state index is 12.5. The van der Waals surface area contributed by atoms with Crippen molar-refractivity contribution in [3.63, 3.8) is 0 Å². The molecule has 0 fully saturated rings. The normalized spacial score (nSPS) is 13.4. The van der Waals surface area contributed by atoms with Gasteiger partial charge in [0, 0.05) is 19.6 Å². The molecule has 11 heteroatoms. The average molecular weight is 536 g/mol. The number of nitrogens with two attached hydrogens (primary N) is 1. The zero-order valence-electron chi connectivity index (χ0n) is 23.1. The van der Waals surface area contributed by atoms with Gasteiger partial charge in [0.15, 0.2) is 0 Å². The van der Waals surface area contributed by atoms with Crippen molar-refractivity contribution in [3.8, 4) is 5.75 Å². The van der Waals surface area contributed by atoms with Gasteiger partial charge in [0.1, 0.15) is 18.2 Å². The Labute approximate surface area is 225 Å². The Hall–Kier alpha value is -3.02. The van der Waals surface area contributed by atoms with Gasteiger partial charge in [-0.2, -0.15) is 0 Å². The molecule has 1 rings (SSSR count). The van der Waals surface area contributed by atoms with Crippen LogP contribution in [0.5, 0.6) is 5.75 Å². The fourth-order valence-corrected chi connectivity index (χ4v) is 4.38. The molecule has 0 saturated carbocycles. The third-order valence-electron chi connectivity index (χ3n) is 6.08. The van der Waals surface area contributed by atoms with Crippen molar-refractivity contribution in [1.82, 2.24) is 20.9 Å². The van der Waals surface area contributed by atoms with Gasteiger partial charge in [-0.3, -0.25) is 19.2 Å². The van der Waals surface area contributed by atoms with Gasteiger partial charge in [0.25, 0.3) is 0 Å². The van der Waals surface area contributed by atoms with E-state index < -0.39 is 36.2 Å². The minimum atomic E-state index is -1.27. The van der Waals surface area contributed by atoms with E-state index in [1.807, 2.05) is 12.1 Å². The monoisotopic (exact) mass is 535 g/mol. The van der Waals surface area contributed by atoms with Crippen LogP contribution in [0.4, 0.5) is 0 Å². The SMILES string of the molecule is CC[C@@H](c1cccc(OC(=O)CNCCNC(=O)[C@H](CCCCN)NC(=O)CC(=O)O)c1)[C@@H](C)CN(C)C. The quantitative estimate of drug-likeness (QED) is 0.0755. The minimum Gasteiger partial charge on any atom is -0.481 e. The van der Waals surface area contributed by atoms with Gasteiger partial charge >= 0.3 is 11.9 Å². The Morgan fingerprint density at radius 2 is 1.87 bits per heavy atom. The highest BCUT2D eigenvalue weighted by atomic mass is 16.5. The molecule has 0 bridgehead atoms. The second kappa shape index (κ2) is 18.3. The number of carbonyl (C=O) groups is 4. The fourth-order valence-electron chi connectivity index (χ4n) is 4.38. The van der Waals surface area contributed by atoms with Crippen LogP contribution < -0.4 is 26.4 Å². The predicted molar refractivity (Wildman–Crippen MR) is 146 cm³/mol. The van der Waals surface area contributed by atoms with Crippen LogP contribution in [-0.4, -0.2) is 86.6 Å². The summed E-state index contributed by atoms with van der Waals surface area (Å²) in [5.74, 6) is -1.56. The van der Waals surface area contributed by atoms with Crippen molar-refractivity contribution < 1.29 is 29.0 Å². The number of esters is 1. The summed E-state index contributed by atoms with van der Waals surface area (Å²) in [6.45, 7) is 6.28. The van der Waals surface area contributed by atoms with E-state index in [1.165, 1.54) is 0 Å². The third-order valence-corrected chi connectivity index (χ3v) is 6.08. The number of nitrogens with one attached hydrogen (secondary N) is 3. The number of carboxylic acid groups (broad SMARTS) is 1. The molecular formula is C27H45N5O6. The molecule has 11 nitrogen and oxygen atoms in total. The second-order valence-electron chi connectivity index (χ2n) is 9.74. The van der Waals surface area contributed by atoms with Crippen LogP contribution in [0.3, 0.4) is 0 Å². The molecule has 0 aliphatic carbocycles. The first kappa shape index (κ1) is 33.0. The molecule has 0 radical (unpaired) electrons. The zero-order valence-corrected chi connectivity index (χ0v) is 23.1. The molecule has 0 saturated heterocycles. The third kappa shape index (κ3) is 13.5. The molecule has 0 spiro atoms. The van der Waals surface area contributed by atoms with Gasteiger partial charge in [-0.05, 0) is 75.9 Å². The Morgan fingerprint density at radius 1 is 1.13 bits per heavy atom. The van der Waals surface area contributed by atoms with Crippen LogP contribution in [0, 0.1) is 5.92 Å². The van der Waals surface area contributed by atoms with Gasteiger partial charge < -0.3 is 36.4 Å². The highest BCUT2D eigenvalue weighted by Gasteiger charge is 2.21. The van der Waals surface area contributed by atoms with Gasteiger partial charge in [0.2, 0.25) is 11.8 Å². The summed E-state index contributed by atoms with van der Waals surface area (Å²) in [6, 6.07) is 6.78. The van der Waals surface area contributed by atoms with E-state index in [2.05, 4.69) is 54.9 Å². The van der Waals surface area contributed by atoms with E-state index in [0.717, 1.165) is 18.5 Å². The molecule has 0 aliphatic rings. The minimum absolute atomic E-state index is 0.0381. The first-order chi connectivity index (χ1) is 18.1. The number of carbonyl (C=O) groups excluding carboxylic acids is 3. The van der Waals surface area contributed by atoms with Crippen LogP contribution in [0.25, 0.3) is 0 Å². The van der Waals surface area contributed by atoms with Crippen molar-refractivity contribution in [2.75, 3.05) is 46.8 Å². The number of benzene rings is 1. The lowest BCUT2D eigenvalue weighted by molar-refractivity contribution is -0.142. The fraction of sp³-hybridized carbons (Fsp3) is 0.630. The average Bonchev–Trinajstić information content (AvgIpc) is 2.83. The van der Waals surface area contributed by atoms with E-state index in [1.54, 1.807) is 6.07 Å². The Kier molecular flexibility index (Phi) is 15.9. The summed E-state index contributed by atoms with van der Waals surface area (Å²) in [4.78, 5) is 49.5. The van der Waals surface area contributed by atoms with Gasteiger partial charge in [-0.15, -0.1) is 0 Å². The Bertz CT molecular complexity index is 894. The number of hydrogen-bond acceptors (Lipinski definition) is 8. The number of unbranched alkanes of at least 4 members (excludes halogenated alkanes) is 1. The molecule has 0 aromatic heterocycles. The van der Waals surface area contributed by atoms with Gasteiger partial charge in [0.05, 0.1) is 6.54 Å². The van der Waals surface area contributed by atoms with Crippen molar-refractivity contribution >= 4 is 23.8 Å². The number of carboxylic acids is 1. The van der Waals surface area contributed by atoms with Crippen LogP contribution in [-0.2, 0) is 19.2 Å². The number of aliphatic carboxylic acids is 1. The number of hydrogen-bond donors (Lipinski definition) is 5. The van der Waals surface area contributed by atoms with Crippen molar-refractivity contribution in [1.29, 1.82) is 0 Å². The van der Waals surface area contributed by atoms with Crippen LogP contribution in [0.2, 0.25) is 0 Å². The first-order valence-corrected chi connectivity index (χ1v) is 13.2. The van der Waals surface area contributed by atoms with Crippen LogP contribution >= 0.6 is 0 Å². The predicted octanol–water partition coefficient (Wildman–Crippen LogP) is 1.08. The number of ether oxygens (including phenoxy) is 1. The van der Waals surface area contributed by atoms with E-state index in [0.29, 0.717) is 49.9 Å². The lowest BCUT2D eigenvalue weighted by Crippen LogP contribution is -2.48. The summed E-state index contributed by atoms with van der Waals surface area (Å²) < 4.78 is 5.50. The second-order valence-corrected chi connectivity index (χ2v) is 9.74. The summed E-state index contributed by atoms with van der Waals surface area (Å²) >= 11 is 0. The molecule has 38 heavy (non-hydrogen) atoms. The van der Waals surface area contributed by atoms with Crippen molar-refractivity contribution in [2.45, 2.75) is 57.9 Å². The highest BCUT2D eigenvalue weighted by Crippen LogP contribution is 2.30. The maximum absolute atomic E-state index is 12.5. The van der Waals surface area contributed by atoms with E-state index in [-0.39, 0.29) is 13.1 Å². The largest absolute Gasteiger partial charge is 0.481 e. The van der Waals surface area contributed by atoms with Gasteiger partial charge in [-0.1, -0.05) is 26.0 Å². The molecule has 3 atom stereocenters. The Balaban J connectivity index is 2.50. The summed E-state index contributed by atoms with van der Waals surface area (Å²) in [6.07, 6.45) is 1.92. The van der Waals surface area contributed by atoms with E-state index in [9.17, 15) is 19.2 Å². The van der Waals surface area contributed by atoms with E-state index in [4.69, 9.17) is 15.6 Å². The molecule has 6 N–H and O–H groups in total. The highest BCUT2D eigenvalue weighted by molar-refractivity contribution is 5.96. The summed E-state index contributed by atoms with van der Waals surface area (Å²) in [5, 5.41) is 16.8. The van der Waals surface area contributed by atoms with Crippen molar-refractivity contribution in [3.05, 3.63) is 29.8 Å². The summed E-state index contributed by atoms with van der Waals surface area (Å²) in [5.41, 5.74) is 6.62. The summed E-state index contributed by atoms with van der Waals surface area (Å²) in [7, 11) is 4.11. The molecule has 1 aromatic rings. The topological polar surface area (TPSA) is 163 Å².